The number of ether oxygens (including phenoxy) is 1. The molecular weight excluding hydrogens is 212 g/mol. The van der Waals surface area contributed by atoms with Crippen molar-refractivity contribution < 1.29 is 19.4 Å². The maximum absolute atomic E-state index is 10.9. The number of carboxylic acid groups (broad SMARTS) is 1. The Hall–Kier alpha value is -1.30. The van der Waals surface area contributed by atoms with E-state index in [1.807, 2.05) is 13.8 Å². The third-order valence-electron chi connectivity index (χ3n) is 2.31. The van der Waals surface area contributed by atoms with E-state index in [-0.39, 0.29) is 12.6 Å². The van der Waals surface area contributed by atoms with E-state index in [1.165, 1.54) is 0 Å². The molecule has 0 spiro atoms. The molecule has 0 rings (SSSR count). The fourth-order valence-corrected chi connectivity index (χ4v) is 1.18. The van der Waals surface area contributed by atoms with E-state index in [1.54, 1.807) is 6.92 Å². The van der Waals surface area contributed by atoms with Crippen molar-refractivity contribution in [2.75, 3.05) is 13.3 Å². The third kappa shape index (κ3) is 5.55. The number of aliphatic carboxylic acids is 1. The van der Waals surface area contributed by atoms with E-state index in [2.05, 4.69) is 15.4 Å². The van der Waals surface area contributed by atoms with Gasteiger partial charge in [-0.3, -0.25) is 10.1 Å². The second-order valence-electron chi connectivity index (χ2n) is 3.48. The van der Waals surface area contributed by atoms with Crippen LogP contribution in [0.5, 0.6) is 0 Å². The lowest BCUT2D eigenvalue weighted by Gasteiger charge is -2.20. The van der Waals surface area contributed by atoms with Crippen molar-refractivity contribution in [2.24, 2.45) is 5.92 Å². The summed E-state index contributed by atoms with van der Waals surface area (Å²) >= 11 is 0. The first-order valence-electron chi connectivity index (χ1n) is 5.39. The molecule has 94 valence electrons. The zero-order valence-corrected chi connectivity index (χ0v) is 9.95. The number of alkyl carbamates (subject to hydrolysis) is 1. The average Bonchev–Trinajstić information content (AvgIpc) is 2.23. The van der Waals surface area contributed by atoms with Crippen LogP contribution in [-0.2, 0) is 9.53 Å². The summed E-state index contributed by atoms with van der Waals surface area (Å²) in [7, 11) is 0. The van der Waals surface area contributed by atoms with Crippen LogP contribution in [0.15, 0.2) is 0 Å². The normalized spacial score (nSPS) is 13.9. The molecule has 0 aromatic heterocycles. The van der Waals surface area contributed by atoms with Gasteiger partial charge in [0.05, 0.1) is 13.3 Å². The quantitative estimate of drug-likeness (QED) is 0.564. The zero-order valence-electron chi connectivity index (χ0n) is 9.95. The Balaban J connectivity index is 3.94. The average molecular weight is 232 g/mol. The second-order valence-corrected chi connectivity index (χ2v) is 3.48. The van der Waals surface area contributed by atoms with Crippen molar-refractivity contribution in [1.82, 2.24) is 10.6 Å². The molecule has 0 aromatic carbocycles. The Kier molecular flexibility index (Phi) is 7.28. The van der Waals surface area contributed by atoms with Gasteiger partial charge in [0.15, 0.2) is 0 Å². The van der Waals surface area contributed by atoms with Crippen LogP contribution >= 0.6 is 0 Å². The van der Waals surface area contributed by atoms with E-state index >= 15 is 0 Å². The van der Waals surface area contributed by atoms with Crippen LogP contribution in [0.4, 0.5) is 4.79 Å². The van der Waals surface area contributed by atoms with Crippen LogP contribution in [0.1, 0.15) is 27.2 Å². The molecule has 6 heteroatoms. The summed E-state index contributed by atoms with van der Waals surface area (Å²) in [5.41, 5.74) is 0. The fraction of sp³-hybridized carbons (Fsp3) is 0.800. The van der Waals surface area contributed by atoms with Crippen LogP contribution in [0.3, 0.4) is 0 Å². The van der Waals surface area contributed by atoms with Crippen LogP contribution in [-0.4, -0.2) is 36.5 Å². The number of hydrogen-bond acceptors (Lipinski definition) is 4. The van der Waals surface area contributed by atoms with E-state index in [4.69, 9.17) is 5.11 Å². The monoisotopic (exact) mass is 232 g/mol. The van der Waals surface area contributed by atoms with E-state index in [0.717, 1.165) is 6.42 Å². The minimum atomic E-state index is -0.917. The lowest BCUT2D eigenvalue weighted by molar-refractivity contribution is -0.140. The maximum Gasteiger partial charge on any atom is 0.408 e. The molecular formula is C10H20N2O4. The molecule has 0 bridgehead atoms. The summed E-state index contributed by atoms with van der Waals surface area (Å²) in [6, 6.07) is -0.660. The highest BCUT2D eigenvalue weighted by molar-refractivity contribution is 5.74. The number of amides is 1. The molecule has 0 aromatic rings. The van der Waals surface area contributed by atoms with Crippen LogP contribution in [0.25, 0.3) is 0 Å². The number of rotatable bonds is 7. The Bertz CT molecular complexity index is 233. The Morgan fingerprint density at radius 1 is 1.38 bits per heavy atom. The molecule has 0 saturated heterocycles. The van der Waals surface area contributed by atoms with Crippen molar-refractivity contribution >= 4 is 12.1 Å². The Morgan fingerprint density at radius 2 is 2.00 bits per heavy atom. The van der Waals surface area contributed by atoms with Crippen LogP contribution < -0.4 is 10.6 Å². The SMILES string of the molecule is CCOC(=O)NCN[C@H](C(=O)O)C(C)CC. The van der Waals surface area contributed by atoms with Gasteiger partial charge >= 0.3 is 12.1 Å². The molecule has 1 unspecified atom stereocenters. The molecule has 0 aliphatic heterocycles. The lowest BCUT2D eigenvalue weighted by atomic mass is 10.00. The predicted molar refractivity (Wildman–Crippen MR) is 59.0 cm³/mol. The van der Waals surface area contributed by atoms with Gasteiger partial charge in [0.25, 0.3) is 0 Å². The largest absolute Gasteiger partial charge is 0.480 e. The van der Waals surface area contributed by atoms with Gasteiger partial charge < -0.3 is 15.2 Å². The molecule has 1 amide bonds. The van der Waals surface area contributed by atoms with Gasteiger partial charge in [-0.15, -0.1) is 0 Å². The molecule has 0 fully saturated rings. The van der Waals surface area contributed by atoms with Crippen LogP contribution in [0.2, 0.25) is 0 Å². The van der Waals surface area contributed by atoms with Gasteiger partial charge in [0, 0.05) is 0 Å². The first-order valence-corrected chi connectivity index (χ1v) is 5.39. The molecule has 3 N–H and O–H groups in total. The molecule has 16 heavy (non-hydrogen) atoms. The smallest absolute Gasteiger partial charge is 0.408 e. The number of carbonyl (C=O) groups is 2. The minimum absolute atomic E-state index is 0.00138. The molecule has 0 heterocycles. The van der Waals surface area contributed by atoms with E-state index in [9.17, 15) is 9.59 Å². The van der Waals surface area contributed by atoms with Gasteiger partial charge in [-0.05, 0) is 12.8 Å². The molecule has 6 nitrogen and oxygen atoms in total. The molecule has 0 aliphatic carbocycles. The van der Waals surface area contributed by atoms with Crippen molar-refractivity contribution in [2.45, 2.75) is 33.2 Å². The maximum atomic E-state index is 10.9. The summed E-state index contributed by atoms with van der Waals surface area (Å²) in [6.45, 7) is 5.84. The standard InChI is InChI=1S/C10H20N2O4/c1-4-7(3)8(9(13)14)11-6-12-10(15)16-5-2/h7-8,11H,4-6H2,1-3H3,(H,12,15)(H,13,14)/t7?,8-/m0/s1. The summed E-state index contributed by atoms with van der Waals surface area (Å²) in [5.74, 6) is -0.915. The molecule has 2 atom stereocenters. The van der Waals surface area contributed by atoms with Crippen molar-refractivity contribution in [1.29, 1.82) is 0 Å². The molecule has 0 aliphatic rings. The number of carbonyl (C=O) groups excluding carboxylic acids is 1. The highest BCUT2D eigenvalue weighted by Crippen LogP contribution is 2.07. The van der Waals surface area contributed by atoms with Crippen molar-refractivity contribution in [3.05, 3.63) is 0 Å². The van der Waals surface area contributed by atoms with Crippen molar-refractivity contribution in [3.63, 3.8) is 0 Å². The topological polar surface area (TPSA) is 87.7 Å². The lowest BCUT2D eigenvalue weighted by Crippen LogP contribution is -2.47. The van der Waals surface area contributed by atoms with Gasteiger partial charge in [-0.1, -0.05) is 20.3 Å². The third-order valence-corrected chi connectivity index (χ3v) is 2.31. The van der Waals surface area contributed by atoms with Crippen molar-refractivity contribution in [3.8, 4) is 0 Å². The Morgan fingerprint density at radius 3 is 2.44 bits per heavy atom. The zero-order chi connectivity index (χ0) is 12.6. The highest BCUT2D eigenvalue weighted by Gasteiger charge is 2.22. The summed E-state index contributed by atoms with van der Waals surface area (Å²) in [5, 5.41) is 14.1. The number of carboxylic acids is 1. The number of hydrogen-bond donors (Lipinski definition) is 3. The summed E-state index contributed by atoms with van der Waals surface area (Å²) < 4.78 is 4.63. The second kappa shape index (κ2) is 7.92. The van der Waals surface area contributed by atoms with Gasteiger partial charge in [-0.2, -0.15) is 0 Å². The first kappa shape index (κ1) is 14.7. The fourth-order valence-electron chi connectivity index (χ4n) is 1.18. The highest BCUT2D eigenvalue weighted by atomic mass is 16.5. The van der Waals surface area contributed by atoms with E-state index < -0.39 is 18.1 Å². The van der Waals surface area contributed by atoms with Gasteiger partial charge in [0.1, 0.15) is 6.04 Å². The van der Waals surface area contributed by atoms with Crippen LogP contribution in [0, 0.1) is 5.92 Å². The van der Waals surface area contributed by atoms with Gasteiger partial charge in [-0.25, -0.2) is 4.79 Å². The van der Waals surface area contributed by atoms with E-state index in [0.29, 0.717) is 6.61 Å². The molecule has 0 radical (unpaired) electrons. The Labute approximate surface area is 95.4 Å². The predicted octanol–water partition coefficient (Wildman–Crippen LogP) is 0.779. The minimum Gasteiger partial charge on any atom is -0.480 e. The summed E-state index contributed by atoms with van der Waals surface area (Å²) in [6.07, 6.45) is 0.201. The summed E-state index contributed by atoms with van der Waals surface area (Å²) in [4.78, 5) is 21.8. The van der Waals surface area contributed by atoms with Gasteiger partial charge in [0.2, 0.25) is 0 Å². The molecule has 0 saturated carbocycles. The first-order chi connectivity index (χ1) is 7.52. The number of nitrogens with one attached hydrogen (secondary N) is 2.